The van der Waals surface area contributed by atoms with E-state index in [4.69, 9.17) is 0 Å². The number of amides is 1. The van der Waals surface area contributed by atoms with E-state index in [0.717, 1.165) is 10.0 Å². The minimum absolute atomic E-state index is 0.268. The highest BCUT2D eigenvalue weighted by atomic mass is 79.9. The molecule has 0 radical (unpaired) electrons. The molecule has 0 saturated carbocycles. The lowest BCUT2D eigenvalue weighted by Gasteiger charge is -1.98. The zero-order valence-electron chi connectivity index (χ0n) is 10.5. The fraction of sp³-hybridized carbons (Fsp3) is 0. The number of nitrogens with zero attached hydrogens (tertiary/aromatic N) is 1. The molecule has 0 fully saturated rings. The molecule has 1 amide bonds. The highest BCUT2D eigenvalue weighted by Crippen LogP contribution is 2.10. The Kier molecular flexibility index (Phi) is 5.10. The molecule has 2 rings (SSSR count). The van der Waals surface area contributed by atoms with Gasteiger partial charge in [0.1, 0.15) is 0 Å². The summed E-state index contributed by atoms with van der Waals surface area (Å²) in [6.07, 6.45) is 1.36. The van der Waals surface area contributed by atoms with Gasteiger partial charge in [-0.2, -0.15) is 5.10 Å². The Morgan fingerprint density at radius 3 is 2.50 bits per heavy atom. The van der Waals surface area contributed by atoms with Crippen LogP contribution < -0.4 is 5.43 Å². The minimum atomic E-state index is -0.268. The van der Waals surface area contributed by atoms with Crippen molar-refractivity contribution in [2.75, 3.05) is 0 Å². The van der Waals surface area contributed by atoms with Crippen LogP contribution in [0.3, 0.4) is 0 Å². The van der Waals surface area contributed by atoms with Gasteiger partial charge in [-0.3, -0.25) is 4.79 Å². The van der Waals surface area contributed by atoms with Crippen molar-refractivity contribution in [3.8, 4) is 11.8 Å². The summed E-state index contributed by atoms with van der Waals surface area (Å²) < 4.78 is 0.922. The molecule has 0 saturated heterocycles. The summed E-state index contributed by atoms with van der Waals surface area (Å²) in [6.45, 7) is 0. The summed E-state index contributed by atoms with van der Waals surface area (Å²) in [4.78, 5) is 11.7. The number of hydrogen-bond acceptors (Lipinski definition) is 2. The van der Waals surface area contributed by atoms with Crippen LogP contribution in [0.1, 0.15) is 15.9 Å². The van der Waals surface area contributed by atoms with Gasteiger partial charge in [-0.1, -0.05) is 40.0 Å². The van der Waals surface area contributed by atoms with E-state index in [9.17, 15) is 4.79 Å². The topological polar surface area (TPSA) is 41.5 Å². The van der Waals surface area contributed by atoms with Crippen molar-refractivity contribution in [3.05, 3.63) is 70.2 Å². The monoisotopic (exact) mass is 326 g/mol. The second-order valence-corrected chi connectivity index (χ2v) is 4.76. The number of hydrazone groups is 1. The van der Waals surface area contributed by atoms with Gasteiger partial charge in [0.25, 0.3) is 5.91 Å². The Balaban J connectivity index is 1.89. The maximum atomic E-state index is 11.7. The molecule has 0 unspecified atom stereocenters. The number of rotatable bonds is 2. The highest BCUT2D eigenvalue weighted by Gasteiger charge is 2.02. The van der Waals surface area contributed by atoms with E-state index in [1.165, 1.54) is 6.21 Å². The number of carbonyl (C=O) groups excluding carboxylic acids is 1. The normalized spacial score (nSPS) is 9.85. The molecule has 0 aliphatic carbocycles. The summed E-state index contributed by atoms with van der Waals surface area (Å²) in [5.74, 6) is 5.39. The molecule has 0 heterocycles. The Morgan fingerprint density at radius 1 is 1.10 bits per heavy atom. The predicted molar refractivity (Wildman–Crippen MR) is 83.4 cm³/mol. The molecular formula is C16H11BrN2O. The first-order valence-electron chi connectivity index (χ1n) is 5.90. The maximum Gasteiger partial charge on any atom is 0.271 e. The van der Waals surface area contributed by atoms with Crippen LogP contribution in [0.2, 0.25) is 0 Å². The lowest BCUT2D eigenvalue weighted by Crippen LogP contribution is -2.17. The third kappa shape index (κ3) is 4.38. The van der Waals surface area contributed by atoms with Gasteiger partial charge in [-0.15, -0.1) is 0 Å². The summed E-state index contributed by atoms with van der Waals surface area (Å²) in [5, 5.41) is 3.78. The van der Waals surface area contributed by atoms with Crippen LogP contribution >= 0.6 is 15.9 Å². The van der Waals surface area contributed by atoms with Crippen molar-refractivity contribution in [1.82, 2.24) is 5.43 Å². The third-order valence-electron chi connectivity index (χ3n) is 2.39. The molecule has 0 spiro atoms. The SMILES string of the molecule is O=C(N/N=C\C#Cc1ccccc1)c1ccc(Br)cc1. The fourth-order valence-corrected chi connectivity index (χ4v) is 1.69. The Labute approximate surface area is 125 Å². The number of hydrogen-bond donors (Lipinski definition) is 1. The Morgan fingerprint density at radius 2 is 1.80 bits per heavy atom. The lowest BCUT2D eigenvalue weighted by atomic mass is 10.2. The lowest BCUT2D eigenvalue weighted by molar-refractivity contribution is 0.0955. The molecule has 3 nitrogen and oxygen atoms in total. The van der Waals surface area contributed by atoms with Crippen LogP contribution in [0, 0.1) is 11.8 Å². The molecule has 0 aromatic heterocycles. The van der Waals surface area contributed by atoms with Crippen molar-refractivity contribution in [3.63, 3.8) is 0 Å². The molecule has 2 aromatic carbocycles. The largest absolute Gasteiger partial charge is 0.271 e. The summed E-state index contributed by atoms with van der Waals surface area (Å²) in [7, 11) is 0. The van der Waals surface area contributed by atoms with Gasteiger partial charge in [0.15, 0.2) is 0 Å². The quantitative estimate of drug-likeness (QED) is 0.514. The van der Waals surface area contributed by atoms with Crippen LogP contribution in [0.15, 0.2) is 64.2 Å². The van der Waals surface area contributed by atoms with Crippen molar-refractivity contribution in [2.24, 2.45) is 5.10 Å². The average Bonchev–Trinajstić information content (AvgIpc) is 2.48. The van der Waals surface area contributed by atoms with Crippen molar-refractivity contribution in [1.29, 1.82) is 0 Å². The second kappa shape index (κ2) is 7.27. The molecule has 0 atom stereocenters. The molecule has 0 aliphatic heterocycles. The Bertz CT molecular complexity index is 667. The van der Waals surface area contributed by atoms with Gasteiger partial charge < -0.3 is 0 Å². The average molecular weight is 327 g/mol. The molecule has 20 heavy (non-hydrogen) atoms. The van der Waals surface area contributed by atoms with E-state index < -0.39 is 0 Å². The van der Waals surface area contributed by atoms with Crippen LogP contribution in [-0.4, -0.2) is 12.1 Å². The first kappa shape index (κ1) is 14.0. The van der Waals surface area contributed by atoms with Gasteiger partial charge in [-0.25, -0.2) is 5.43 Å². The first-order chi connectivity index (χ1) is 9.75. The number of benzene rings is 2. The van der Waals surface area contributed by atoms with Gasteiger partial charge >= 0.3 is 0 Å². The minimum Gasteiger partial charge on any atom is -0.267 e. The number of nitrogens with one attached hydrogen (secondary N) is 1. The van der Waals surface area contributed by atoms with Crippen molar-refractivity contribution in [2.45, 2.75) is 0 Å². The predicted octanol–water partition coefficient (Wildman–Crippen LogP) is 3.22. The zero-order chi connectivity index (χ0) is 14.2. The highest BCUT2D eigenvalue weighted by molar-refractivity contribution is 9.10. The van der Waals surface area contributed by atoms with E-state index in [1.54, 1.807) is 24.3 Å². The number of halogens is 1. The maximum absolute atomic E-state index is 11.7. The molecule has 0 bridgehead atoms. The molecule has 4 heteroatoms. The second-order valence-electron chi connectivity index (χ2n) is 3.84. The first-order valence-corrected chi connectivity index (χ1v) is 6.69. The summed E-state index contributed by atoms with van der Waals surface area (Å²) in [5.41, 5.74) is 3.86. The van der Waals surface area contributed by atoms with E-state index in [2.05, 4.69) is 38.3 Å². The molecule has 2 aromatic rings. The number of carbonyl (C=O) groups is 1. The standard InChI is InChI=1S/C16H11BrN2O/c17-15-10-8-14(9-11-15)16(20)19-18-12-4-7-13-5-2-1-3-6-13/h1-3,5-6,8-12H,(H,19,20)/b18-12-. The van der Waals surface area contributed by atoms with E-state index in [0.29, 0.717) is 5.56 Å². The molecule has 98 valence electrons. The Hall–Kier alpha value is -2.38. The van der Waals surface area contributed by atoms with Crippen LogP contribution in [0.5, 0.6) is 0 Å². The van der Waals surface area contributed by atoms with Crippen LogP contribution in [-0.2, 0) is 0 Å². The van der Waals surface area contributed by atoms with E-state index >= 15 is 0 Å². The summed E-state index contributed by atoms with van der Waals surface area (Å²) in [6, 6.07) is 16.6. The van der Waals surface area contributed by atoms with Crippen LogP contribution in [0.4, 0.5) is 0 Å². The van der Waals surface area contributed by atoms with Crippen molar-refractivity contribution < 1.29 is 4.79 Å². The molecule has 1 N–H and O–H groups in total. The molecule has 0 aliphatic rings. The van der Waals surface area contributed by atoms with Crippen LogP contribution in [0.25, 0.3) is 0 Å². The van der Waals surface area contributed by atoms with E-state index in [-0.39, 0.29) is 5.91 Å². The fourth-order valence-electron chi connectivity index (χ4n) is 1.43. The van der Waals surface area contributed by atoms with Gasteiger partial charge in [0.2, 0.25) is 0 Å². The summed E-state index contributed by atoms with van der Waals surface area (Å²) >= 11 is 3.31. The van der Waals surface area contributed by atoms with Gasteiger partial charge in [-0.05, 0) is 42.3 Å². The third-order valence-corrected chi connectivity index (χ3v) is 2.92. The zero-order valence-corrected chi connectivity index (χ0v) is 12.1. The smallest absolute Gasteiger partial charge is 0.267 e. The molecular weight excluding hydrogens is 316 g/mol. The van der Waals surface area contributed by atoms with Gasteiger partial charge in [0.05, 0.1) is 6.21 Å². The van der Waals surface area contributed by atoms with Gasteiger partial charge in [0, 0.05) is 15.6 Å². The van der Waals surface area contributed by atoms with Crippen molar-refractivity contribution >= 4 is 28.1 Å². The van der Waals surface area contributed by atoms with E-state index in [1.807, 2.05) is 30.3 Å².